The lowest BCUT2D eigenvalue weighted by molar-refractivity contribution is -0.140. The fraction of sp³-hybridized carbons (Fsp3) is 0.323. The van der Waals surface area contributed by atoms with Crippen LogP contribution >= 0.6 is 0 Å². The predicted octanol–water partition coefficient (Wildman–Crippen LogP) is 3.36. The van der Waals surface area contributed by atoms with Crippen molar-refractivity contribution in [3.8, 4) is 11.1 Å². The highest BCUT2D eigenvalue weighted by Gasteiger charge is 2.35. The molecule has 0 fully saturated rings. The molecule has 1 aliphatic heterocycles. The standard InChI is InChI=1S/C31H36N4O7S/c1-31(2,33-30(38)39)29(37)32-27(20-42-19-21-9-5-4-6-10-21)28(36)35-16-15-22-17-23(13-14-24(22)18-35)25-11-7-8-12-26(25)34-43(3,40)41/h4-14,17,27,33-34H,15-16,18-20H2,1-3H3,(H,32,37)(H,38,39). The zero-order valence-corrected chi connectivity index (χ0v) is 25.1. The van der Waals surface area contributed by atoms with Crippen LogP contribution in [0.1, 0.15) is 30.5 Å². The number of rotatable bonds is 11. The fourth-order valence-corrected chi connectivity index (χ4v) is 5.44. The van der Waals surface area contributed by atoms with Crippen LogP contribution in [0.15, 0.2) is 72.8 Å². The minimum Gasteiger partial charge on any atom is -0.465 e. The van der Waals surface area contributed by atoms with Crippen LogP contribution in [-0.2, 0) is 43.9 Å². The van der Waals surface area contributed by atoms with Gasteiger partial charge in [-0.05, 0) is 48.6 Å². The minimum atomic E-state index is -3.46. The van der Waals surface area contributed by atoms with Crippen molar-refractivity contribution in [3.63, 3.8) is 0 Å². The average molecular weight is 609 g/mol. The van der Waals surface area contributed by atoms with Gasteiger partial charge in [0.1, 0.15) is 11.6 Å². The molecule has 0 saturated carbocycles. The molecule has 1 unspecified atom stereocenters. The molecular weight excluding hydrogens is 572 g/mol. The normalized spacial score (nSPS) is 13.9. The second-order valence-corrected chi connectivity index (χ2v) is 12.7. The van der Waals surface area contributed by atoms with Gasteiger partial charge in [0.05, 0.1) is 25.2 Å². The van der Waals surface area contributed by atoms with Gasteiger partial charge in [-0.1, -0.05) is 66.7 Å². The maximum atomic E-state index is 13.7. The molecule has 1 heterocycles. The summed E-state index contributed by atoms with van der Waals surface area (Å²) in [6.07, 6.45) is 0.299. The molecule has 11 nitrogen and oxygen atoms in total. The van der Waals surface area contributed by atoms with Crippen molar-refractivity contribution in [1.29, 1.82) is 0 Å². The third-order valence-electron chi connectivity index (χ3n) is 7.05. The van der Waals surface area contributed by atoms with E-state index in [0.717, 1.165) is 34.1 Å². The molecule has 0 aromatic heterocycles. The number of para-hydroxylation sites is 1. The number of carbonyl (C=O) groups is 3. The molecule has 12 heteroatoms. The van der Waals surface area contributed by atoms with E-state index in [2.05, 4.69) is 15.4 Å². The van der Waals surface area contributed by atoms with Crippen LogP contribution in [0.4, 0.5) is 10.5 Å². The van der Waals surface area contributed by atoms with Gasteiger partial charge in [0, 0.05) is 18.7 Å². The van der Waals surface area contributed by atoms with Crippen LogP contribution in [0.25, 0.3) is 11.1 Å². The smallest absolute Gasteiger partial charge is 0.405 e. The Morgan fingerprint density at radius 1 is 1.00 bits per heavy atom. The summed E-state index contributed by atoms with van der Waals surface area (Å²) in [6, 6.07) is 21.3. The fourth-order valence-electron chi connectivity index (χ4n) is 4.86. The van der Waals surface area contributed by atoms with E-state index in [0.29, 0.717) is 25.2 Å². The number of sulfonamides is 1. The monoisotopic (exact) mass is 608 g/mol. The first-order valence-electron chi connectivity index (χ1n) is 13.7. The van der Waals surface area contributed by atoms with Crippen LogP contribution < -0.4 is 15.4 Å². The van der Waals surface area contributed by atoms with E-state index in [1.54, 1.807) is 17.0 Å². The average Bonchev–Trinajstić information content (AvgIpc) is 2.95. The largest absolute Gasteiger partial charge is 0.465 e. The summed E-state index contributed by atoms with van der Waals surface area (Å²) in [7, 11) is -3.46. The number of hydrogen-bond acceptors (Lipinski definition) is 6. The molecule has 0 bridgehead atoms. The zero-order valence-electron chi connectivity index (χ0n) is 24.3. The van der Waals surface area contributed by atoms with Gasteiger partial charge in [-0.2, -0.15) is 0 Å². The van der Waals surface area contributed by atoms with Crippen molar-refractivity contribution in [2.24, 2.45) is 0 Å². The van der Waals surface area contributed by atoms with Crippen molar-refractivity contribution in [2.45, 2.75) is 45.0 Å². The number of hydrogen-bond donors (Lipinski definition) is 4. The predicted molar refractivity (Wildman–Crippen MR) is 163 cm³/mol. The maximum absolute atomic E-state index is 13.7. The van der Waals surface area contributed by atoms with Crippen LogP contribution in [0, 0.1) is 0 Å². The number of ether oxygens (including phenoxy) is 1. The van der Waals surface area contributed by atoms with Crippen molar-refractivity contribution in [1.82, 2.24) is 15.5 Å². The topological polar surface area (TPSA) is 154 Å². The van der Waals surface area contributed by atoms with Crippen LogP contribution in [0.3, 0.4) is 0 Å². The molecule has 0 aliphatic carbocycles. The van der Waals surface area contributed by atoms with E-state index >= 15 is 0 Å². The first-order valence-corrected chi connectivity index (χ1v) is 15.6. The summed E-state index contributed by atoms with van der Waals surface area (Å²) in [5, 5.41) is 14.0. The number of fused-ring (bicyclic) bond motifs is 1. The highest BCUT2D eigenvalue weighted by atomic mass is 32.2. The lowest BCUT2D eigenvalue weighted by Crippen LogP contribution is -2.60. The number of benzene rings is 3. The SMILES string of the molecule is CC(C)(NC(=O)O)C(=O)NC(COCc1ccccc1)C(=O)N1CCc2cc(-c3ccccc3NS(C)(=O)=O)ccc2C1. The number of carboxylic acid groups (broad SMARTS) is 1. The Balaban J connectivity index is 1.51. The summed E-state index contributed by atoms with van der Waals surface area (Å²) >= 11 is 0. The van der Waals surface area contributed by atoms with E-state index < -0.39 is 33.6 Å². The lowest BCUT2D eigenvalue weighted by Gasteiger charge is -2.33. The van der Waals surface area contributed by atoms with E-state index in [9.17, 15) is 22.8 Å². The van der Waals surface area contributed by atoms with Crippen LogP contribution in [0.5, 0.6) is 0 Å². The highest BCUT2D eigenvalue weighted by molar-refractivity contribution is 7.92. The third kappa shape index (κ3) is 8.55. The van der Waals surface area contributed by atoms with Gasteiger partial charge in [-0.15, -0.1) is 0 Å². The molecule has 1 atom stereocenters. The molecule has 43 heavy (non-hydrogen) atoms. The molecule has 4 N–H and O–H groups in total. The third-order valence-corrected chi connectivity index (χ3v) is 7.64. The maximum Gasteiger partial charge on any atom is 0.405 e. The second-order valence-electron chi connectivity index (χ2n) is 11.0. The Labute approximate surface area is 251 Å². The van der Waals surface area contributed by atoms with E-state index in [1.807, 2.05) is 60.7 Å². The van der Waals surface area contributed by atoms with Gasteiger partial charge in [0.15, 0.2) is 0 Å². The lowest BCUT2D eigenvalue weighted by atomic mass is 9.93. The van der Waals surface area contributed by atoms with Gasteiger partial charge in [0.2, 0.25) is 21.8 Å². The van der Waals surface area contributed by atoms with Crippen molar-refractivity contribution in [3.05, 3.63) is 89.5 Å². The number of anilines is 1. The Kier molecular flexibility index (Phi) is 9.72. The molecule has 1 aliphatic rings. The highest BCUT2D eigenvalue weighted by Crippen LogP contribution is 2.32. The quantitative estimate of drug-likeness (QED) is 0.260. The van der Waals surface area contributed by atoms with Gasteiger partial charge >= 0.3 is 6.09 Å². The summed E-state index contributed by atoms with van der Waals surface area (Å²) in [6.45, 7) is 3.66. The minimum absolute atomic E-state index is 0.102. The Morgan fingerprint density at radius 2 is 1.70 bits per heavy atom. The molecule has 0 saturated heterocycles. The van der Waals surface area contributed by atoms with Crippen molar-refractivity contribution in [2.75, 3.05) is 24.1 Å². The van der Waals surface area contributed by atoms with Gasteiger partial charge in [-0.25, -0.2) is 13.2 Å². The summed E-state index contributed by atoms with van der Waals surface area (Å²) < 4.78 is 32.1. The Morgan fingerprint density at radius 3 is 2.40 bits per heavy atom. The number of nitrogens with one attached hydrogen (secondary N) is 3. The summed E-state index contributed by atoms with van der Waals surface area (Å²) in [4.78, 5) is 39.6. The first-order chi connectivity index (χ1) is 20.3. The van der Waals surface area contributed by atoms with Gasteiger partial charge < -0.3 is 25.4 Å². The van der Waals surface area contributed by atoms with Crippen molar-refractivity contribution >= 4 is 33.6 Å². The van der Waals surface area contributed by atoms with E-state index in [-0.39, 0.29) is 19.1 Å². The zero-order chi connectivity index (χ0) is 31.2. The molecule has 3 amide bonds. The molecule has 3 aromatic carbocycles. The number of carbonyl (C=O) groups excluding carboxylic acids is 2. The Hall–Kier alpha value is -4.42. The molecule has 4 rings (SSSR count). The van der Waals surface area contributed by atoms with Gasteiger partial charge in [0.25, 0.3) is 0 Å². The summed E-state index contributed by atoms with van der Waals surface area (Å²) in [5.41, 5.74) is 3.46. The number of amides is 3. The van der Waals surface area contributed by atoms with Crippen LogP contribution in [-0.4, -0.2) is 67.3 Å². The molecule has 0 radical (unpaired) electrons. The number of nitrogens with zero attached hydrogens (tertiary/aromatic N) is 1. The molecular formula is C31H36N4O7S. The van der Waals surface area contributed by atoms with Crippen LogP contribution in [0.2, 0.25) is 0 Å². The van der Waals surface area contributed by atoms with Crippen molar-refractivity contribution < 1.29 is 32.6 Å². The molecule has 0 spiro atoms. The first kappa shape index (κ1) is 31.5. The molecule has 228 valence electrons. The van der Waals surface area contributed by atoms with Gasteiger partial charge in [-0.3, -0.25) is 14.3 Å². The molecule has 3 aromatic rings. The van der Waals surface area contributed by atoms with E-state index in [4.69, 9.17) is 9.84 Å². The Bertz CT molecular complexity index is 1590. The summed E-state index contributed by atoms with van der Waals surface area (Å²) in [5.74, 6) is -0.995. The second kappa shape index (κ2) is 13.3. The van der Waals surface area contributed by atoms with E-state index in [1.165, 1.54) is 13.8 Å².